The van der Waals surface area contributed by atoms with Crippen LogP contribution in [0.5, 0.6) is 5.75 Å². The quantitative estimate of drug-likeness (QED) is 0.509. The van der Waals surface area contributed by atoms with Crippen LogP contribution in [0.15, 0.2) is 61.2 Å². The molecule has 9 heteroatoms. The Bertz CT molecular complexity index is 1050. The Hall–Kier alpha value is -3.08. The first-order valence-corrected chi connectivity index (χ1v) is 11.0. The highest BCUT2D eigenvalue weighted by Gasteiger charge is 2.55. The van der Waals surface area contributed by atoms with E-state index in [0.29, 0.717) is 5.75 Å². The predicted octanol–water partition coefficient (Wildman–Crippen LogP) is 2.06. The molecule has 0 spiro atoms. The number of nitrogens with zero attached hydrogens (tertiary/aromatic N) is 1. The summed E-state index contributed by atoms with van der Waals surface area (Å²) >= 11 is 0. The van der Waals surface area contributed by atoms with E-state index < -0.39 is 48.7 Å². The molecule has 0 radical (unpaired) electrons. The van der Waals surface area contributed by atoms with Gasteiger partial charge >= 0.3 is 0 Å². The van der Waals surface area contributed by atoms with Crippen molar-refractivity contribution in [3.8, 4) is 5.75 Å². The van der Waals surface area contributed by atoms with Crippen molar-refractivity contribution >= 4 is 11.8 Å². The summed E-state index contributed by atoms with van der Waals surface area (Å²) in [4.78, 5) is 27.3. The maximum atomic E-state index is 13.2. The van der Waals surface area contributed by atoms with Gasteiger partial charge in [-0.1, -0.05) is 30.3 Å². The van der Waals surface area contributed by atoms with E-state index in [1.54, 1.807) is 55.6 Å². The molecule has 2 saturated heterocycles. The van der Waals surface area contributed by atoms with E-state index in [1.807, 2.05) is 0 Å². The van der Waals surface area contributed by atoms with E-state index in [9.17, 15) is 14.7 Å². The molecule has 3 aliphatic rings. The molecule has 178 valence electrons. The van der Waals surface area contributed by atoms with Gasteiger partial charge in [0.1, 0.15) is 30.1 Å². The lowest BCUT2D eigenvalue weighted by atomic mass is 9.94. The summed E-state index contributed by atoms with van der Waals surface area (Å²) in [5, 5.41) is 11.4. The topological polar surface area (TPSA) is 104 Å². The van der Waals surface area contributed by atoms with E-state index in [0.717, 1.165) is 10.5 Å². The average molecular weight is 467 g/mol. The molecule has 0 aliphatic carbocycles. The lowest BCUT2D eigenvalue weighted by molar-refractivity contribution is -0.347. The van der Waals surface area contributed by atoms with Gasteiger partial charge in [0.2, 0.25) is 0 Å². The monoisotopic (exact) mass is 467 g/mol. The zero-order chi connectivity index (χ0) is 23.8. The van der Waals surface area contributed by atoms with Crippen molar-refractivity contribution in [1.82, 2.24) is 4.90 Å². The Balaban J connectivity index is 1.43. The number of rotatable bonds is 6. The Morgan fingerprint density at radius 2 is 1.76 bits per heavy atom. The second-order valence-electron chi connectivity index (χ2n) is 8.21. The second-order valence-corrected chi connectivity index (χ2v) is 8.21. The molecule has 3 aliphatic heterocycles. The number of imide groups is 1. The van der Waals surface area contributed by atoms with Gasteiger partial charge in [0.15, 0.2) is 12.6 Å². The Morgan fingerprint density at radius 1 is 1.09 bits per heavy atom. The van der Waals surface area contributed by atoms with Crippen LogP contribution in [-0.4, -0.2) is 72.8 Å². The lowest BCUT2D eigenvalue weighted by Gasteiger charge is -2.49. The van der Waals surface area contributed by atoms with Crippen molar-refractivity contribution in [3.05, 3.63) is 77.9 Å². The molecule has 6 atom stereocenters. The second kappa shape index (κ2) is 9.28. The molecule has 2 amide bonds. The van der Waals surface area contributed by atoms with Crippen LogP contribution in [0.25, 0.3) is 0 Å². The van der Waals surface area contributed by atoms with Gasteiger partial charge in [0, 0.05) is 5.56 Å². The molecule has 1 unspecified atom stereocenters. The molecular formula is C25H25NO8. The van der Waals surface area contributed by atoms with E-state index in [1.165, 1.54) is 6.08 Å². The van der Waals surface area contributed by atoms with Crippen LogP contribution < -0.4 is 4.74 Å². The van der Waals surface area contributed by atoms with Crippen molar-refractivity contribution in [2.24, 2.45) is 0 Å². The summed E-state index contributed by atoms with van der Waals surface area (Å²) in [5.41, 5.74) is 1.27. The van der Waals surface area contributed by atoms with Crippen molar-refractivity contribution in [1.29, 1.82) is 0 Å². The summed E-state index contributed by atoms with van der Waals surface area (Å²) in [6, 6.07) is 12.6. The summed E-state index contributed by atoms with van der Waals surface area (Å²) < 4.78 is 28.9. The van der Waals surface area contributed by atoms with Gasteiger partial charge in [-0.25, -0.2) is 0 Å². The highest BCUT2D eigenvalue weighted by atomic mass is 16.7. The third kappa shape index (κ3) is 3.81. The average Bonchev–Trinajstić information content (AvgIpc) is 3.12. The molecule has 34 heavy (non-hydrogen) atoms. The Kier molecular flexibility index (Phi) is 6.20. The smallest absolute Gasteiger partial charge is 0.262 e. The molecule has 3 heterocycles. The highest BCUT2D eigenvalue weighted by molar-refractivity contribution is 6.21. The van der Waals surface area contributed by atoms with Gasteiger partial charge in [0.05, 0.1) is 31.5 Å². The maximum Gasteiger partial charge on any atom is 0.262 e. The number of benzene rings is 2. The molecule has 9 nitrogen and oxygen atoms in total. The van der Waals surface area contributed by atoms with Crippen LogP contribution in [0.2, 0.25) is 0 Å². The summed E-state index contributed by atoms with van der Waals surface area (Å²) in [6.45, 7) is 3.87. The molecule has 0 saturated carbocycles. The lowest BCUT2D eigenvalue weighted by Crippen LogP contribution is -2.67. The van der Waals surface area contributed by atoms with Gasteiger partial charge in [-0.3, -0.25) is 14.5 Å². The minimum absolute atomic E-state index is 0.102. The van der Waals surface area contributed by atoms with Crippen molar-refractivity contribution in [3.63, 3.8) is 0 Å². The van der Waals surface area contributed by atoms with Crippen LogP contribution >= 0.6 is 0 Å². The summed E-state index contributed by atoms with van der Waals surface area (Å²) in [7, 11) is 1.58. The number of amides is 2. The van der Waals surface area contributed by atoms with Crippen LogP contribution in [0.4, 0.5) is 0 Å². The number of fused-ring (bicyclic) bond motifs is 2. The van der Waals surface area contributed by atoms with Crippen LogP contribution in [-0.2, 0) is 18.9 Å². The zero-order valence-electron chi connectivity index (χ0n) is 18.5. The molecule has 5 rings (SSSR count). The number of carbonyl (C=O) groups is 2. The summed E-state index contributed by atoms with van der Waals surface area (Å²) in [6.07, 6.45) is -3.13. The van der Waals surface area contributed by atoms with Gasteiger partial charge in [-0.2, -0.15) is 0 Å². The number of carbonyl (C=O) groups excluding carboxylic acids is 2. The minimum Gasteiger partial charge on any atom is -0.497 e. The van der Waals surface area contributed by atoms with E-state index >= 15 is 0 Å². The van der Waals surface area contributed by atoms with Gasteiger partial charge < -0.3 is 28.8 Å². The van der Waals surface area contributed by atoms with E-state index in [2.05, 4.69) is 6.58 Å². The number of methoxy groups -OCH3 is 1. The first-order chi connectivity index (χ1) is 16.5. The van der Waals surface area contributed by atoms with Crippen molar-refractivity contribution in [2.45, 2.75) is 36.9 Å². The molecule has 2 fully saturated rings. The van der Waals surface area contributed by atoms with Crippen LogP contribution in [0.1, 0.15) is 32.6 Å². The first kappa shape index (κ1) is 22.7. The standard InChI is InChI=1S/C25H25NO8/c1-3-12-31-25-19(26-22(28)16-6-4-5-7-17(16)23(26)29)20(27)21-18(33-25)13-32-24(34-21)14-8-10-15(30-2)11-9-14/h3-11,18-21,24-25,27H,1,12-13H2,2H3/t18-,19-,20-,21-,24?,25-/m1/s1. The fourth-order valence-corrected chi connectivity index (χ4v) is 4.56. The molecule has 1 N–H and O–H groups in total. The van der Waals surface area contributed by atoms with E-state index in [-0.39, 0.29) is 24.3 Å². The van der Waals surface area contributed by atoms with Crippen molar-refractivity contribution in [2.75, 3.05) is 20.3 Å². The van der Waals surface area contributed by atoms with Gasteiger partial charge in [-0.05, 0) is 24.3 Å². The van der Waals surface area contributed by atoms with Crippen LogP contribution in [0, 0.1) is 0 Å². The van der Waals surface area contributed by atoms with Crippen LogP contribution in [0.3, 0.4) is 0 Å². The number of hydrogen-bond donors (Lipinski definition) is 1. The third-order valence-electron chi connectivity index (χ3n) is 6.22. The van der Waals surface area contributed by atoms with Crippen molar-refractivity contribution < 1.29 is 38.4 Å². The SMILES string of the molecule is C=CCO[C@@H]1O[C@@H]2COC(c3ccc(OC)cc3)O[C@H]2[C@H](O)[C@H]1N1C(=O)c2ccccc2C1=O. The number of aliphatic hydroxyl groups is 1. The Labute approximate surface area is 196 Å². The molecular weight excluding hydrogens is 442 g/mol. The zero-order valence-corrected chi connectivity index (χ0v) is 18.5. The highest BCUT2D eigenvalue weighted by Crippen LogP contribution is 2.38. The third-order valence-corrected chi connectivity index (χ3v) is 6.22. The summed E-state index contributed by atoms with van der Waals surface area (Å²) in [5.74, 6) is -0.346. The molecule has 2 aromatic rings. The molecule has 0 bridgehead atoms. The van der Waals surface area contributed by atoms with Gasteiger partial charge in [-0.15, -0.1) is 6.58 Å². The largest absolute Gasteiger partial charge is 0.497 e. The fourth-order valence-electron chi connectivity index (χ4n) is 4.56. The number of ether oxygens (including phenoxy) is 5. The minimum atomic E-state index is -1.28. The first-order valence-electron chi connectivity index (χ1n) is 11.0. The maximum absolute atomic E-state index is 13.2. The number of aliphatic hydroxyl groups excluding tert-OH is 1. The van der Waals surface area contributed by atoms with E-state index in [4.69, 9.17) is 23.7 Å². The number of hydrogen-bond acceptors (Lipinski definition) is 8. The molecule has 0 aromatic heterocycles. The normalized spacial score (nSPS) is 30.6. The predicted molar refractivity (Wildman–Crippen MR) is 118 cm³/mol. The molecule has 2 aromatic carbocycles. The van der Waals surface area contributed by atoms with Gasteiger partial charge in [0.25, 0.3) is 11.8 Å². The fraction of sp³-hybridized carbons (Fsp3) is 0.360. The Morgan fingerprint density at radius 3 is 2.38 bits per heavy atom.